The number of ether oxygens (including phenoxy) is 1. The number of alkyl halides is 2. The van der Waals surface area contributed by atoms with Crippen LogP contribution in [0.15, 0.2) is 35.2 Å². The lowest BCUT2D eigenvalue weighted by Gasteiger charge is -2.15. The van der Waals surface area contributed by atoms with E-state index >= 15 is 0 Å². The van der Waals surface area contributed by atoms with Gasteiger partial charge in [0.1, 0.15) is 5.75 Å². The molecule has 2 aromatic rings. The summed E-state index contributed by atoms with van der Waals surface area (Å²) in [6, 6.07) is 7.24. The summed E-state index contributed by atoms with van der Waals surface area (Å²) in [4.78, 5) is 0.0221. The fourth-order valence-corrected chi connectivity index (χ4v) is 3.76. The third kappa shape index (κ3) is 4.15. The standard InChI is InChI=1S/C16H16ClF2NO3S/c1-9-4-5-14(23-16(18)19)13(6-9)20-24(21,22)15-8-10(2)12(17)7-11(15)3/h4-8,16,20H,1-3H3. The summed E-state index contributed by atoms with van der Waals surface area (Å²) in [5.74, 6) is -0.248. The van der Waals surface area contributed by atoms with Crippen LogP contribution < -0.4 is 9.46 Å². The highest BCUT2D eigenvalue weighted by atomic mass is 35.5. The van der Waals surface area contributed by atoms with Crippen LogP contribution in [0.4, 0.5) is 14.5 Å². The Bertz CT molecular complexity index is 870. The predicted molar refractivity (Wildman–Crippen MR) is 89.5 cm³/mol. The Morgan fingerprint density at radius 3 is 2.38 bits per heavy atom. The van der Waals surface area contributed by atoms with E-state index in [4.69, 9.17) is 11.6 Å². The summed E-state index contributed by atoms with van der Waals surface area (Å²) in [6.45, 7) is 1.93. The molecular weight excluding hydrogens is 360 g/mol. The molecule has 2 rings (SSSR count). The minimum atomic E-state index is -3.99. The number of aryl methyl sites for hydroxylation is 3. The average Bonchev–Trinajstić information content (AvgIpc) is 2.45. The average molecular weight is 376 g/mol. The second kappa shape index (κ2) is 6.94. The maximum atomic E-state index is 12.6. The van der Waals surface area contributed by atoms with Crippen LogP contribution in [0.25, 0.3) is 0 Å². The van der Waals surface area contributed by atoms with Crippen molar-refractivity contribution >= 4 is 27.3 Å². The van der Waals surface area contributed by atoms with Gasteiger partial charge in [-0.3, -0.25) is 4.72 Å². The van der Waals surface area contributed by atoms with Crippen molar-refractivity contribution < 1.29 is 21.9 Å². The molecular formula is C16H16ClF2NO3S. The van der Waals surface area contributed by atoms with Crippen LogP contribution >= 0.6 is 11.6 Å². The van der Waals surface area contributed by atoms with Gasteiger partial charge in [-0.1, -0.05) is 17.7 Å². The number of nitrogens with one attached hydrogen (secondary N) is 1. The van der Waals surface area contributed by atoms with Gasteiger partial charge in [-0.15, -0.1) is 0 Å². The van der Waals surface area contributed by atoms with Crippen LogP contribution in [-0.2, 0) is 10.0 Å². The lowest BCUT2D eigenvalue weighted by molar-refractivity contribution is -0.0493. The van der Waals surface area contributed by atoms with E-state index in [0.29, 0.717) is 21.7 Å². The topological polar surface area (TPSA) is 55.4 Å². The van der Waals surface area contributed by atoms with Gasteiger partial charge in [-0.25, -0.2) is 8.42 Å². The van der Waals surface area contributed by atoms with E-state index in [0.717, 1.165) is 0 Å². The SMILES string of the molecule is Cc1ccc(OC(F)F)c(NS(=O)(=O)c2cc(C)c(Cl)cc2C)c1. The van der Waals surface area contributed by atoms with Crippen molar-refractivity contribution in [3.63, 3.8) is 0 Å². The molecule has 0 aromatic heterocycles. The summed E-state index contributed by atoms with van der Waals surface area (Å²) in [5.41, 5.74) is 1.68. The highest BCUT2D eigenvalue weighted by Gasteiger charge is 2.21. The molecule has 0 amide bonds. The van der Waals surface area contributed by atoms with Crippen LogP contribution in [0.5, 0.6) is 5.75 Å². The van der Waals surface area contributed by atoms with E-state index in [1.54, 1.807) is 26.8 Å². The summed E-state index contributed by atoms with van der Waals surface area (Å²) in [7, 11) is -3.99. The molecule has 0 radical (unpaired) electrons. The molecule has 0 aliphatic rings. The first-order chi connectivity index (χ1) is 11.1. The second-order valence-corrected chi connectivity index (χ2v) is 7.41. The molecule has 130 valence electrons. The van der Waals surface area contributed by atoms with Gasteiger partial charge in [0.15, 0.2) is 0 Å². The number of rotatable bonds is 5. The van der Waals surface area contributed by atoms with Crippen LogP contribution in [0, 0.1) is 20.8 Å². The number of hydrogen-bond donors (Lipinski definition) is 1. The Kier molecular flexibility index (Phi) is 5.35. The zero-order chi connectivity index (χ0) is 18.1. The fourth-order valence-electron chi connectivity index (χ4n) is 2.17. The smallest absolute Gasteiger partial charge is 0.387 e. The molecule has 0 spiro atoms. The molecule has 0 saturated carbocycles. The first-order valence-corrected chi connectivity index (χ1v) is 8.81. The van der Waals surface area contributed by atoms with Gasteiger partial charge in [0.2, 0.25) is 0 Å². The van der Waals surface area contributed by atoms with E-state index in [2.05, 4.69) is 9.46 Å². The maximum absolute atomic E-state index is 12.6. The molecule has 0 bridgehead atoms. The Hall–Kier alpha value is -1.86. The monoisotopic (exact) mass is 375 g/mol. The Balaban J connectivity index is 2.47. The molecule has 0 fully saturated rings. The van der Waals surface area contributed by atoms with Gasteiger partial charge < -0.3 is 4.74 Å². The van der Waals surface area contributed by atoms with E-state index < -0.39 is 16.6 Å². The third-order valence-corrected chi connectivity index (χ3v) is 5.26. The van der Waals surface area contributed by atoms with Crippen molar-refractivity contribution in [3.8, 4) is 5.75 Å². The molecule has 2 aromatic carbocycles. The summed E-state index contributed by atoms with van der Waals surface area (Å²) in [6.07, 6.45) is 0. The Morgan fingerprint density at radius 1 is 1.08 bits per heavy atom. The van der Waals surface area contributed by atoms with Gasteiger partial charge >= 0.3 is 6.61 Å². The van der Waals surface area contributed by atoms with Crippen LogP contribution in [0.3, 0.4) is 0 Å². The zero-order valence-electron chi connectivity index (χ0n) is 13.2. The molecule has 24 heavy (non-hydrogen) atoms. The van der Waals surface area contributed by atoms with Crippen molar-refractivity contribution in [1.82, 2.24) is 0 Å². The molecule has 1 N–H and O–H groups in total. The maximum Gasteiger partial charge on any atom is 0.387 e. The minimum absolute atomic E-state index is 0.0221. The number of anilines is 1. The largest absolute Gasteiger partial charge is 0.433 e. The van der Waals surface area contributed by atoms with Crippen LogP contribution in [0.1, 0.15) is 16.7 Å². The summed E-state index contributed by atoms with van der Waals surface area (Å²) >= 11 is 5.98. The molecule has 8 heteroatoms. The molecule has 0 unspecified atom stereocenters. The molecule has 0 saturated heterocycles. The lowest BCUT2D eigenvalue weighted by Crippen LogP contribution is -2.16. The van der Waals surface area contributed by atoms with Gasteiger partial charge in [0, 0.05) is 5.02 Å². The normalized spacial score (nSPS) is 11.6. The lowest BCUT2D eigenvalue weighted by atomic mass is 10.2. The molecule has 4 nitrogen and oxygen atoms in total. The zero-order valence-corrected chi connectivity index (χ0v) is 14.8. The molecule has 0 aliphatic carbocycles. The first kappa shape index (κ1) is 18.5. The van der Waals surface area contributed by atoms with Gasteiger partial charge in [-0.2, -0.15) is 8.78 Å². The van der Waals surface area contributed by atoms with Crippen molar-refractivity contribution in [2.24, 2.45) is 0 Å². The van der Waals surface area contributed by atoms with Gasteiger partial charge in [-0.05, 0) is 61.7 Å². The second-order valence-electron chi connectivity index (χ2n) is 5.35. The molecule has 0 atom stereocenters. The molecule has 0 heterocycles. The van der Waals surface area contributed by atoms with E-state index in [1.807, 2.05) is 0 Å². The van der Waals surface area contributed by atoms with Crippen LogP contribution in [0.2, 0.25) is 5.02 Å². The number of hydrogen-bond acceptors (Lipinski definition) is 3. The highest BCUT2D eigenvalue weighted by Crippen LogP contribution is 2.31. The van der Waals surface area contributed by atoms with Crippen molar-refractivity contribution in [2.75, 3.05) is 4.72 Å². The van der Waals surface area contributed by atoms with Crippen molar-refractivity contribution in [2.45, 2.75) is 32.3 Å². The van der Waals surface area contributed by atoms with E-state index in [1.165, 1.54) is 24.3 Å². The highest BCUT2D eigenvalue weighted by molar-refractivity contribution is 7.92. The first-order valence-electron chi connectivity index (χ1n) is 6.95. The Labute approximate surface area is 144 Å². The fraction of sp³-hybridized carbons (Fsp3) is 0.250. The number of sulfonamides is 1. The van der Waals surface area contributed by atoms with Gasteiger partial charge in [0.25, 0.3) is 10.0 Å². The number of halogens is 3. The van der Waals surface area contributed by atoms with E-state index in [-0.39, 0.29) is 16.3 Å². The van der Waals surface area contributed by atoms with Crippen LogP contribution in [-0.4, -0.2) is 15.0 Å². The predicted octanol–water partition coefficient (Wildman–Crippen LogP) is 4.67. The van der Waals surface area contributed by atoms with Crippen molar-refractivity contribution in [1.29, 1.82) is 0 Å². The minimum Gasteiger partial charge on any atom is -0.433 e. The number of benzene rings is 2. The quantitative estimate of drug-likeness (QED) is 0.826. The molecule has 0 aliphatic heterocycles. The Morgan fingerprint density at radius 2 is 1.75 bits per heavy atom. The van der Waals surface area contributed by atoms with Crippen molar-refractivity contribution in [3.05, 3.63) is 52.0 Å². The summed E-state index contributed by atoms with van der Waals surface area (Å²) in [5, 5.41) is 0.448. The third-order valence-electron chi connectivity index (χ3n) is 3.34. The van der Waals surface area contributed by atoms with E-state index in [9.17, 15) is 17.2 Å². The van der Waals surface area contributed by atoms with Gasteiger partial charge in [0.05, 0.1) is 10.6 Å². The summed E-state index contributed by atoms with van der Waals surface area (Å²) < 4.78 is 57.0.